The molecular weight excluding hydrogens is 364 g/mol. The SMILES string of the molecule is CC(C)(C)[Si](C)(C)OCc1cc(C=C(C#N)c2ccccn2)cc(CCO)c1. The molecule has 0 aliphatic carbocycles. The van der Waals surface area contributed by atoms with E-state index in [9.17, 15) is 10.4 Å². The van der Waals surface area contributed by atoms with E-state index in [1.807, 2.05) is 36.4 Å². The third kappa shape index (κ3) is 5.87. The van der Waals surface area contributed by atoms with Gasteiger partial charge in [0, 0.05) is 12.8 Å². The number of aliphatic hydroxyl groups is 1. The van der Waals surface area contributed by atoms with E-state index in [-0.39, 0.29) is 11.6 Å². The average molecular weight is 395 g/mol. The van der Waals surface area contributed by atoms with Crippen molar-refractivity contribution in [2.45, 2.75) is 51.9 Å². The molecule has 1 heterocycles. The summed E-state index contributed by atoms with van der Waals surface area (Å²) in [6.07, 6.45) is 4.10. The molecule has 4 nitrogen and oxygen atoms in total. The molecule has 0 amide bonds. The van der Waals surface area contributed by atoms with Crippen LogP contribution in [0.1, 0.15) is 43.2 Å². The molecule has 0 radical (unpaired) electrons. The van der Waals surface area contributed by atoms with E-state index < -0.39 is 8.32 Å². The number of hydrogen-bond donors (Lipinski definition) is 1. The first-order chi connectivity index (χ1) is 13.2. The van der Waals surface area contributed by atoms with Crippen LogP contribution in [0.3, 0.4) is 0 Å². The smallest absolute Gasteiger partial charge is 0.192 e. The number of nitriles is 1. The van der Waals surface area contributed by atoms with Crippen molar-refractivity contribution in [3.63, 3.8) is 0 Å². The van der Waals surface area contributed by atoms with Crippen LogP contribution in [0.15, 0.2) is 42.6 Å². The summed E-state index contributed by atoms with van der Waals surface area (Å²) in [5.74, 6) is 0. The second-order valence-electron chi connectivity index (χ2n) is 8.49. The van der Waals surface area contributed by atoms with Crippen LogP contribution in [0.5, 0.6) is 0 Å². The minimum absolute atomic E-state index is 0.0844. The van der Waals surface area contributed by atoms with Gasteiger partial charge in [0.15, 0.2) is 8.32 Å². The number of benzene rings is 1. The Bertz CT molecular complexity index is 862. The van der Waals surface area contributed by atoms with Crippen LogP contribution in [-0.2, 0) is 17.5 Å². The number of aromatic nitrogens is 1. The molecular formula is C23H30N2O2Si. The summed E-state index contributed by atoms with van der Waals surface area (Å²) in [4.78, 5) is 4.27. The van der Waals surface area contributed by atoms with Crippen molar-refractivity contribution in [3.8, 4) is 6.07 Å². The standard InChI is InChI=1S/C23H30N2O2Si/c1-23(2,3)28(4,5)27-17-20-13-18(9-11-26)12-19(14-20)15-21(16-24)22-8-6-7-10-25-22/h6-8,10,12-15,26H,9,11,17H2,1-5H3. The van der Waals surface area contributed by atoms with Crippen molar-refractivity contribution in [1.82, 2.24) is 4.98 Å². The van der Waals surface area contributed by atoms with Gasteiger partial charge in [-0.1, -0.05) is 39.0 Å². The third-order valence-electron chi connectivity index (χ3n) is 5.25. The van der Waals surface area contributed by atoms with Crippen LogP contribution in [-0.4, -0.2) is 25.0 Å². The predicted octanol–water partition coefficient (Wildman–Crippen LogP) is 5.20. The fourth-order valence-electron chi connectivity index (χ4n) is 2.56. The molecule has 5 heteroatoms. The lowest BCUT2D eigenvalue weighted by Crippen LogP contribution is -2.40. The Balaban J connectivity index is 2.35. The summed E-state index contributed by atoms with van der Waals surface area (Å²) < 4.78 is 6.36. The first-order valence-corrected chi connectivity index (χ1v) is 12.5. The Morgan fingerprint density at radius 2 is 1.93 bits per heavy atom. The van der Waals surface area contributed by atoms with E-state index in [1.165, 1.54) is 0 Å². The van der Waals surface area contributed by atoms with Crippen molar-refractivity contribution in [1.29, 1.82) is 5.26 Å². The van der Waals surface area contributed by atoms with Crippen molar-refractivity contribution < 1.29 is 9.53 Å². The summed E-state index contributed by atoms with van der Waals surface area (Å²) >= 11 is 0. The van der Waals surface area contributed by atoms with Crippen LogP contribution in [0.25, 0.3) is 11.6 Å². The topological polar surface area (TPSA) is 66.1 Å². The number of rotatable bonds is 7. The molecule has 0 saturated heterocycles. The van der Waals surface area contributed by atoms with Gasteiger partial charge in [-0.15, -0.1) is 0 Å². The second kappa shape index (κ2) is 9.29. The number of hydrogen-bond acceptors (Lipinski definition) is 4. The number of nitrogens with zero attached hydrogens (tertiary/aromatic N) is 2. The van der Waals surface area contributed by atoms with E-state index in [4.69, 9.17) is 4.43 Å². The van der Waals surface area contributed by atoms with E-state index in [1.54, 1.807) is 6.20 Å². The fourth-order valence-corrected chi connectivity index (χ4v) is 3.52. The van der Waals surface area contributed by atoms with E-state index in [0.29, 0.717) is 24.3 Å². The van der Waals surface area contributed by atoms with Crippen LogP contribution in [0.2, 0.25) is 18.1 Å². The van der Waals surface area contributed by atoms with Gasteiger partial charge >= 0.3 is 0 Å². The molecule has 28 heavy (non-hydrogen) atoms. The molecule has 1 aromatic carbocycles. The number of pyridine rings is 1. The lowest BCUT2D eigenvalue weighted by atomic mass is 10.0. The highest BCUT2D eigenvalue weighted by atomic mass is 28.4. The van der Waals surface area contributed by atoms with Crippen molar-refractivity contribution in [2.75, 3.05) is 6.61 Å². The molecule has 0 fully saturated rings. The highest BCUT2D eigenvalue weighted by Gasteiger charge is 2.37. The zero-order valence-electron chi connectivity index (χ0n) is 17.5. The van der Waals surface area contributed by atoms with Crippen LogP contribution in [0, 0.1) is 11.3 Å². The zero-order chi connectivity index (χ0) is 20.8. The normalized spacial score (nSPS) is 12.7. The van der Waals surface area contributed by atoms with Gasteiger partial charge in [-0.25, -0.2) is 0 Å². The molecule has 148 valence electrons. The van der Waals surface area contributed by atoms with Crippen LogP contribution >= 0.6 is 0 Å². The summed E-state index contributed by atoms with van der Waals surface area (Å²) in [6.45, 7) is 11.8. The summed E-state index contributed by atoms with van der Waals surface area (Å²) in [5.41, 5.74) is 4.17. The van der Waals surface area contributed by atoms with Gasteiger partial charge in [-0.05, 0) is 65.5 Å². The summed E-state index contributed by atoms with van der Waals surface area (Å²) in [5, 5.41) is 19.1. The maximum Gasteiger partial charge on any atom is 0.192 e. The maximum atomic E-state index is 9.56. The Morgan fingerprint density at radius 3 is 2.50 bits per heavy atom. The molecule has 2 rings (SSSR count). The van der Waals surface area contributed by atoms with Crippen molar-refractivity contribution >= 4 is 20.0 Å². The fraction of sp³-hybridized carbons (Fsp3) is 0.391. The first kappa shape index (κ1) is 22.0. The van der Waals surface area contributed by atoms with Gasteiger partial charge in [0.1, 0.15) is 6.07 Å². The van der Waals surface area contributed by atoms with Crippen molar-refractivity contribution in [3.05, 3.63) is 65.0 Å². The molecule has 0 spiro atoms. The number of aliphatic hydroxyl groups excluding tert-OH is 1. The highest BCUT2D eigenvalue weighted by Crippen LogP contribution is 2.37. The Hall–Kier alpha value is -2.26. The monoisotopic (exact) mass is 394 g/mol. The Morgan fingerprint density at radius 1 is 1.21 bits per heavy atom. The molecule has 2 aromatic rings. The van der Waals surface area contributed by atoms with E-state index >= 15 is 0 Å². The lowest BCUT2D eigenvalue weighted by Gasteiger charge is -2.36. The Kier molecular flexibility index (Phi) is 7.31. The van der Waals surface area contributed by atoms with Crippen molar-refractivity contribution in [2.24, 2.45) is 0 Å². The maximum absolute atomic E-state index is 9.56. The van der Waals surface area contributed by atoms with E-state index in [2.05, 4.69) is 51.0 Å². The number of allylic oxidation sites excluding steroid dienone is 1. The van der Waals surface area contributed by atoms with Gasteiger partial charge in [-0.2, -0.15) is 5.26 Å². The van der Waals surface area contributed by atoms with E-state index in [0.717, 1.165) is 16.7 Å². The van der Waals surface area contributed by atoms with Gasteiger partial charge in [0.2, 0.25) is 0 Å². The molecule has 0 atom stereocenters. The molecule has 0 saturated carbocycles. The zero-order valence-corrected chi connectivity index (χ0v) is 18.5. The summed E-state index contributed by atoms with van der Waals surface area (Å²) in [7, 11) is -1.86. The molecule has 0 aliphatic rings. The van der Waals surface area contributed by atoms with Gasteiger partial charge in [0.05, 0.1) is 17.9 Å². The van der Waals surface area contributed by atoms with Gasteiger partial charge in [-0.3, -0.25) is 4.98 Å². The third-order valence-corrected chi connectivity index (χ3v) is 9.73. The second-order valence-corrected chi connectivity index (χ2v) is 13.3. The van der Waals surface area contributed by atoms with Gasteiger partial charge < -0.3 is 9.53 Å². The molecule has 0 aliphatic heterocycles. The minimum atomic E-state index is -1.86. The average Bonchev–Trinajstić information content (AvgIpc) is 2.64. The molecule has 0 unspecified atom stereocenters. The largest absolute Gasteiger partial charge is 0.413 e. The Labute approximate surface area is 169 Å². The van der Waals surface area contributed by atoms with Gasteiger partial charge in [0.25, 0.3) is 0 Å². The highest BCUT2D eigenvalue weighted by molar-refractivity contribution is 6.74. The molecule has 1 aromatic heterocycles. The quantitative estimate of drug-likeness (QED) is 0.517. The molecule has 1 N–H and O–H groups in total. The minimum Gasteiger partial charge on any atom is -0.413 e. The predicted molar refractivity (Wildman–Crippen MR) is 117 cm³/mol. The summed E-state index contributed by atoms with van der Waals surface area (Å²) in [6, 6.07) is 13.9. The molecule has 0 bridgehead atoms. The lowest BCUT2D eigenvalue weighted by molar-refractivity contribution is 0.276. The first-order valence-electron chi connectivity index (χ1n) is 9.57. The van der Waals surface area contributed by atoms with Crippen LogP contribution < -0.4 is 0 Å². The van der Waals surface area contributed by atoms with Crippen LogP contribution in [0.4, 0.5) is 0 Å².